The van der Waals surface area contributed by atoms with Crippen molar-refractivity contribution in [2.45, 2.75) is 18.9 Å². The van der Waals surface area contributed by atoms with Crippen LogP contribution in [0.1, 0.15) is 22.5 Å². The third-order valence-electron chi connectivity index (χ3n) is 3.70. The normalized spacial score (nSPS) is 16.2. The predicted octanol–water partition coefficient (Wildman–Crippen LogP) is 3.29. The standard InChI is InChI=1S/C17H16Cl2N4O2/c18-11-7-14(23-15(19)8-11)16(24)21-12-4-1-10(2-5-12)3-6-13-9-25-17(20)22-13/h1-2,4-5,7-8,13H,3,6,9H2,(H2,20,22)(H,21,24)/t13-/m0/s1. The van der Waals surface area contributed by atoms with Gasteiger partial charge in [-0.3, -0.25) is 4.79 Å². The summed E-state index contributed by atoms with van der Waals surface area (Å²) in [6.07, 6.45) is 1.71. The molecule has 0 saturated carbocycles. The van der Waals surface area contributed by atoms with Crippen LogP contribution in [0.25, 0.3) is 0 Å². The number of ether oxygens (including phenoxy) is 1. The lowest BCUT2D eigenvalue weighted by atomic mass is 10.1. The summed E-state index contributed by atoms with van der Waals surface area (Å²) in [6.45, 7) is 0.537. The Kier molecular flexibility index (Phi) is 5.40. The number of pyridine rings is 1. The van der Waals surface area contributed by atoms with E-state index in [2.05, 4.69) is 15.3 Å². The maximum Gasteiger partial charge on any atom is 0.282 e. The zero-order chi connectivity index (χ0) is 17.8. The largest absolute Gasteiger partial charge is 0.463 e. The molecule has 1 aromatic heterocycles. The minimum absolute atomic E-state index is 0.109. The molecule has 1 aliphatic heterocycles. The Hall–Kier alpha value is -2.31. The summed E-state index contributed by atoms with van der Waals surface area (Å²) in [4.78, 5) is 20.4. The Morgan fingerprint density at radius 3 is 2.68 bits per heavy atom. The smallest absolute Gasteiger partial charge is 0.282 e. The molecule has 25 heavy (non-hydrogen) atoms. The SMILES string of the molecule is NC1=N[C@@H](CCc2ccc(NC(=O)c3cc(Cl)cc(Cl)n3)cc2)CO1. The molecule has 0 saturated heterocycles. The van der Waals surface area contributed by atoms with Crippen molar-refractivity contribution in [1.29, 1.82) is 0 Å². The van der Waals surface area contributed by atoms with E-state index in [1.165, 1.54) is 12.1 Å². The van der Waals surface area contributed by atoms with Crippen LogP contribution in [0.2, 0.25) is 10.2 Å². The number of hydrogen-bond acceptors (Lipinski definition) is 5. The minimum atomic E-state index is -0.370. The maximum absolute atomic E-state index is 12.2. The average molecular weight is 379 g/mol. The Morgan fingerprint density at radius 2 is 2.04 bits per heavy atom. The van der Waals surface area contributed by atoms with Crippen LogP contribution in [-0.2, 0) is 11.2 Å². The van der Waals surface area contributed by atoms with Crippen molar-refractivity contribution in [2.75, 3.05) is 11.9 Å². The summed E-state index contributed by atoms with van der Waals surface area (Å²) in [6, 6.07) is 10.9. The third kappa shape index (κ3) is 4.84. The summed E-state index contributed by atoms with van der Waals surface area (Å²) in [5.74, 6) is -0.370. The van der Waals surface area contributed by atoms with Gasteiger partial charge in [0.2, 0.25) is 0 Å². The number of halogens is 2. The van der Waals surface area contributed by atoms with Crippen LogP contribution in [0.5, 0.6) is 0 Å². The molecular weight excluding hydrogens is 363 g/mol. The van der Waals surface area contributed by atoms with Gasteiger partial charge in [0.05, 0.1) is 6.04 Å². The lowest BCUT2D eigenvalue weighted by Crippen LogP contribution is -2.13. The highest BCUT2D eigenvalue weighted by atomic mass is 35.5. The molecule has 0 unspecified atom stereocenters. The number of carbonyl (C=O) groups is 1. The van der Waals surface area contributed by atoms with Crippen LogP contribution < -0.4 is 11.1 Å². The molecule has 1 aliphatic rings. The van der Waals surface area contributed by atoms with Gasteiger partial charge in [-0.05, 0) is 42.7 Å². The molecule has 2 aromatic rings. The van der Waals surface area contributed by atoms with Crippen molar-refractivity contribution in [3.05, 3.63) is 57.8 Å². The molecule has 130 valence electrons. The van der Waals surface area contributed by atoms with E-state index < -0.39 is 0 Å². The van der Waals surface area contributed by atoms with E-state index in [1.54, 1.807) is 0 Å². The fourth-order valence-corrected chi connectivity index (χ4v) is 2.92. The molecule has 3 rings (SSSR count). The fraction of sp³-hybridized carbons (Fsp3) is 0.235. The van der Waals surface area contributed by atoms with E-state index in [0.29, 0.717) is 17.3 Å². The zero-order valence-electron chi connectivity index (χ0n) is 13.2. The van der Waals surface area contributed by atoms with Crippen molar-refractivity contribution in [1.82, 2.24) is 4.98 Å². The molecule has 0 bridgehead atoms. The Bertz CT molecular complexity index is 789. The number of benzene rings is 1. The monoisotopic (exact) mass is 378 g/mol. The first-order valence-corrected chi connectivity index (χ1v) is 8.44. The first-order chi connectivity index (χ1) is 12.0. The molecular formula is C17H16Cl2N4O2. The van der Waals surface area contributed by atoms with Crippen molar-refractivity contribution in [3.63, 3.8) is 0 Å². The number of nitrogens with zero attached hydrogens (tertiary/aromatic N) is 2. The van der Waals surface area contributed by atoms with E-state index in [0.717, 1.165) is 18.4 Å². The zero-order valence-corrected chi connectivity index (χ0v) is 14.7. The number of aliphatic imine (C=N–C) groups is 1. The summed E-state index contributed by atoms with van der Waals surface area (Å²) in [5.41, 5.74) is 7.46. The van der Waals surface area contributed by atoms with Gasteiger partial charge >= 0.3 is 0 Å². The van der Waals surface area contributed by atoms with E-state index in [4.69, 9.17) is 33.7 Å². The van der Waals surface area contributed by atoms with Gasteiger partial charge in [-0.1, -0.05) is 35.3 Å². The molecule has 0 aliphatic carbocycles. The van der Waals surface area contributed by atoms with Crippen LogP contribution in [0, 0.1) is 0 Å². The number of nitrogens with one attached hydrogen (secondary N) is 1. The summed E-state index contributed by atoms with van der Waals surface area (Å²) in [7, 11) is 0. The molecule has 0 spiro atoms. The summed E-state index contributed by atoms with van der Waals surface area (Å²) < 4.78 is 5.13. The second-order valence-electron chi connectivity index (χ2n) is 5.62. The molecule has 1 amide bonds. The Balaban J connectivity index is 1.57. The molecule has 8 heteroatoms. The number of hydrogen-bond donors (Lipinski definition) is 2. The number of carbonyl (C=O) groups excluding carboxylic acids is 1. The van der Waals surface area contributed by atoms with Crippen LogP contribution in [0.4, 0.5) is 5.69 Å². The second-order valence-corrected chi connectivity index (χ2v) is 6.44. The molecule has 0 radical (unpaired) electrons. The number of nitrogens with two attached hydrogens (primary N) is 1. The van der Waals surface area contributed by atoms with Crippen molar-refractivity contribution in [2.24, 2.45) is 10.7 Å². The minimum Gasteiger partial charge on any atom is -0.463 e. The van der Waals surface area contributed by atoms with Gasteiger partial charge in [0, 0.05) is 10.7 Å². The van der Waals surface area contributed by atoms with Crippen molar-refractivity contribution in [3.8, 4) is 0 Å². The molecule has 3 N–H and O–H groups in total. The molecule has 6 nitrogen and oxygen atoms in total. The highest BCUT2D eigenvalue weighted by Gasteiger charge is 2.16. The number of aryl methyl sites for hydroxylation is 1. The van der Waals surface area contributed by atoms with Crippen molar-refractivity contribution < 1.29 is 9.53 Å². The molecule has 1 aromatic carbocycles. The molecule has 1 atom stereocenters. The number of amidine groups is 1. The van der Waals surface area contributed by atoms with E-state index in [-0.39, 0.29) is 28.8 Å². The van der Waals surface area contributed by atoms with Gasteiger partial charge in [0.25, 0.3) is 11.9 Å². The first-order valence-electron chi connectivity index (χ1n) is 7.69. The van der Waals surface area contributed by atoms with Gasteiger partial charge in [0.1, 0.15) is 17.5 Å². The van der Waals surface area contributed by atoms with Crippen LogP contribution in [-0.4, -0.2) is 29.6 Å². The quantitative estimate of drug-likeness (QED) is 0.781. The van der Waals surface area contributed by atoms with Crippen LogP contribution >= 0.6 is 23.2 Å². The van der Waals surface area contributed by atoms with E-state index >= 15 is 0 Å². The van der Waals surface area contributed by atoms with Gasteiger partial charge in [-0.15, -0.1) is 0 Å². The number of anilines is 1. The Labute approximate surface area is 155 Å². The van der Waals surface area contributed by atoms with E-state index in [1.807, 2.05) is 24.3 Å². The maximum atomic E-state index is 12.2. The van der Waals surface area contributed by atoms with Crippen molar-refractivity contribution >= 4 is 40.8 Å². The molecule has 2 heterocycles. The van der Waals surface area contributed by atoms with Gasteiger partial charge in [-0.2, -0.15) is 0 Å². The van der Waals surface area contributed by atoms with Crippen LogP contribution in [0.15, 0.2) is 41.4 Å². The highest BCUT2D eigenvalue weighted by molar-refractivity contribution is 6.34. The molecule has 0 fully saturated rings. The summed E-state index contributed by atoms with van der Waals surface area (Å²) >= 11 is 11.7. The fourth-order valence-electron chi connectivity index (χ4n) is 2.45. The van der Waals surface area contributed by atoms with E-state index in [9.17, 15) is 4.79 Å². The number of aromatic nitrogens is 1. The lowest BCUT2D eigenvalue weighted by molar-refractivity contribution is 0.102. The number of amides is 1. The lowest BCUT2D eigenvalue weighted by Gasteiger charge is -2.08. The summed E-state index contributed by atoms with van der Waals surface area (Å²) in [5, 5.41) is 3.30. The highest BCUT2D eigenvalue weighted by Crippen LogP contribution is 2.18. The number of rotatable bonds is 5. The average Bonchev–Trinajstić information content (AvgIpc) is 2.99. The first kappa shape index (κ1) is 17.5. The van der Waals surface area contributed by atoms with Crippen LogP contribution in [0.3, 0.4) is 0 Å². The van der Waals surface area contributed by atoms with Gasteiger partial charge < -0.3 is 15.8 Å². The van der Waals surface area contributed by atoms with Gasteiger partial charge in [-0.25, -0.2) is 9.98 Å². The topological polar surface area (TPSA) is 89.6 Å². The van der Waals surface area contributed by atoms with Gasteiger partial charge in [0.15, 0.2) is 0 Å². The predicted molar refractivity (Wildman–Crippen MR) is 98.3 cm³/mol. The second kappa shape index (κ2) is 7.72. The Morgan fingerprint density at radius 1 is 1.28 bits per heavy atom. The third-order valence-corrected chi connectivity index (χ3v) is 4.11.